The molecule has 18 heavy (non-hydrogen) atoms. The lowest BCUT2D eigenvalue weighted by Gasteiger charge is -2.32. The van der Waals surface area contributed by atoms with Gasteiger partial charge in [-0.3, -0.25) is 0 Å². The number of aromatic amines is 1. The highest BCUT2D eigenvalue weighted by Gasteiger charge is 2.30. The molecule has 0 aromatic carbocycles. The fourth-order valence-electron chi connectivity index (χ4n) is 2.03. The maximum absolute atomic E-state index is 6.10. The quantitative estimate of drug-likeness (QED) is 0.657. The molecule has 0 amide bonds. The third kappa shape index (κ3) is 2.64. The molecule has 0 saturated carbocycles. The van der Waals surface area contributed by atoms with Crippen LogP contribution in [0.4, 0.5) is 0 Å². The average Bonchev–Trinajstić information content (AvgIpc) is 2.72. The van der Waals surface area contributed by atoms with Crippen molar-refractivity contribution < 1.29 is 0 Å². The Balaban J connectivity index is 2.34. The second-order valence-corrected chi connectivity index (χ2v) is 6.67. The fraction of sp³-hybridized carbons (Fsp3) is 0.583. The predicted molar refractivity (Wildman–Crippen MR) is 74.4 cm³/mol. The van der Waals surface area contributed by atoms with Crippen molar-refractivity contribution in [3.05, 3.63) is 12.7 Å². The molecule has 0 bridgehead atoms. The number of imidazole rings is 1. The van der Waals surface area contributed by atoms with Gasteiger partial charge < -0.3 is 10.7 Å². The highest BCUT2D eigenvalue weighted by atomic mass is 32.2. The molecule has 6 heteroatoms. The van der Waals surface area contributed by atoms with Crippen LogP contribution >= 0.6 is 11.8 Å². The van der Waals surface area contributed by atoms with Gasteiger partial charge in [-0.2, -0.15) is 0 Å². The smallest absolute Gasteiger partial charge is 0.181 e. The number of H-pyrrole nitrogens is 1. The van der Waals surface area contributed by atoms with Crippen LogP contribution in [0.15, 0.2) is 17.7 Å². The lowest BCUT2D eigenvalue weighted by atomic mass is 9.88. The number of rotatable bonds is 3. The van der Waals surface area contributed by atoms with Crippen molar-refractivity contribution in [2.75, 3.05) is 0 Å². The maximum atomic E-state index is 6.10. The summed E-state index contributed by atoms with van der Waals surface area (Å²) in [5, 5.41) is 1.19. The summed E-state index contributed by atoms with van der Waals surface area (Å²) < 4.78 is 0. The Morgan fingerprint density at radius 2 is 2.00 bits per heavy atom. The fourth-order valence-corrected chi connectivity index (χ4v) is 3.21. The number of nitrogens with zero attached hydrogens (tertiary/aromatic N) is 3. The first-order valence-electron chi connectivity index (χ1n) is 5.96. The molecule has 0 aliphatic heterocycles. The van der Waals surface area contributed by atoms with Crippen molar-refractivity contribution >= 4 is 22.9 Å². The zero-order valence-electron chi connectivity index (χ0n) is 11.1. The van der Waals surface area contributed by atoms with E-state index in [0.29, 0.717) is 5.65 Å². The van der Waals surface area contributed by atoms with E-state index in [2.05, 4.69) is 40.7 Å². The normalized spacial score (nSPS) is 15.8. The van der Waals surface area contributed by atoms with Crippen molar-refractivity contribution in [2.45, 2.75) is 44.0 Å². The monoisotopic (exact) mass is 265 g/mol. The van der Waals surface area contributed by atoms with Crippen LogP contribution in [-0.4, -0.2) is 31.2 Å². The molecule has 98 valence electrons. The molecule has 0 aliphatic rings. The first-order chi connectivity index (χ1) is 8.39. The van der Waals surface area contributed by atoms with Gasteiger partial charge >= 0.3 is 0 Å². The average molecular weight is 265 g/mol. The first kappa shape index (κ1) is 13.3. The van der Waals surface area contributed by atoms with E-state index in [4.69, 9.17) is 5.73 Å². The van der Waals surface area contributed by atoms with E-state index < -0.39 is 0 Å². The van der Waals surface area contributed by atoms with Crippen LogP contribution in [0, 0.1) is 5.41 Å². The Hall–Kier alpha value is -1.14. The number of hydrogen-bond acceptors (Lipinski definition) is 5. The van der Waals surface area contributed by atoms with Crippen LogP contribution in [0.2, 0.25) is 0 Å². The van der Waals surface area contributed by atoms with Crippen molar-refractivity contribution in [1.29, 1.82) is 0 Å². The Kier molecular flexibility index (Phi) is 3.59. The number of thioether (sulfide) groups is 1. The van der Waals surface area contributed by atoms with Gasteiger partial charge in [-0.15, -0.1) is 0 Å². The van der Waals surface area contributed by atoms with Gasteiger partial charge in [-0.25, -0.2) is 15.0 Å². The molecule has 2 atom stereocenters. The van der Waals surface area contributed by atoms with Crippen molar-refractivity contribution in [2.24, 2.45) is 11.1 Å². The van der Waals surface area contributed by atoms with Crippen molar-refractivity contribution in [3.8, 4) is 0 Å². The van der Waals surface area contributed by atoms with E-state index in [1.54, 1.807) is 24.4 Å². The van der Waals surface area contributed by atoms with Gasteiger partial charge in [-0.1, -0.05) is 32.5 Å². The lowest BCUT2D eigenvalue weighted by Crippen LogP contribution is -2.39. The van der Waals surface area contributed by atoms with E-state index in [0.717, 1.165) is 10.5 Å². The van der Waals surface area contributed by atoms with E-state index in [-0.39, 0.29) is 16.7 Å². The summed E-state index contributed by atoms with van der Waals surface area (Å²) in [5.74, 6) is 0. The Bertz CT molecular complexity index is 528. The molecule has 0 fully saturated rings. The molecular formula is C12H19N5S. The van der Waals surface area contributed by atoms with E-state index >= 15 is 0 Å². The largest absolute Gasteiger partial charge is 0.341 e. The summed E-state index contributed by atoms with van der Waals surface area (Å²) in [6.07, 6.45) is 3.19. The minimum atomic E-state index is 0.0861. The second-order valence-electron chi connectivity index (χ2n) is 5.54. The van der Waals surface area contributed by atoms with Gasteiger partial charge in [-0.05, 0) is 12.3 Å². The Labute approximate surface area is 111 Å². The number of aromatic nitrogens is 4. The van der Waals surface area contributed by atoms with Crippen LogP contribution in [0.3, 0.4) is 0 Å². The van der Waals surface area contributed by atoms with Gasteiger partial charge in [0.25, 0.3) is 0 Å². The highest BCUT2D eigenvalue weighted by Crippen LogP contribution is 2.37. The molecule has 2 aromatic heterocycles. The summed E-state index contributed by atoms with van der Waals surface area (Å²) in [6, 6.07) is 0.0861. The molecular weight excluding hydrogens is 246 g/mol. The maximum Gasteiger partial charge on any atom is 0.181 e. The molecule has 2 heterocycles. The third-order valence-corrected chi connectivity index (χ3v) is 4.68. The summed E-state index contributed by atoms with van der Waals surface area (Å²) in [6.45, 7) is 8.62. The molecule has 0 spiro atoms. The zero-order chi connectivity index (χ0) is 13.3. The molecule has 2 unspecified atom stereocenters. The minimum Gasteiger partial charge on any atom is -0.341 e. The molecule has 0 aliphatic carbocycles. The van der Waals surface area contributed by atoms with Gasteiger partial charge in [0.15, 0.2) is 5.65 Å². The SMILES string of the molecule is CC(N)C(Sc1ncnc2nc[nH]c12)C(C)(C)C. The topological polar surface area (TPSA) is 80.5 Å². The van der Waals surface area contributed by atoms with Crippen LogP contribution in [0.1, 0.15) is 27.7 Å². The highest BCUT2D eigenvalue weighted by molar-refractivity contribution is 8.00. The second kappa shape index (κ2) is 4.85. The molecule has 0 radical (unpaired) electrons. The predicted octanol–water partition coefficient (Wildman–Crippen LogP) is 2.21. The van der Waals surface area contributed by atoms with Crippen molar-refractivity contribution in [3.63, 3.8) is 0 Å². The Morgan fingerprint density at radius 3 is 2.61 bits per heavy atom. The molecule has 5 nitrogen and oxygen atoms in total. The van der Waals surface area contributed by atoms with Gasteiger partial charge in [0, 0.05) is 11.3 Å². The standard InChI is InChI=1S/C12H19N5S/c1-7(13)9(12(2,3)4)18-11-8-10(15-5-14-8)16-6-17-11/h5-7,9H,13H2,1-4H3,(H,14,15,16,17). The van der Waals surface area contributed by atoms with Crippen LogP contribution in [-0.2, 0) is 0 Å². The summed E-state index contributed by atoms with van der Waals surface area (Å²) in [5.41, 5.74) is 7.79. The van der Waals surface area contributed by atoms with Crippen molar-refractivity contribution in [1.82, 2.24) is 19.9 Å². The minimum absolute atomic E-state index is 0.0861. The zero-order valence-corrected chi connectivity index (χ0v) is 12.0. The third-order valence-electron chi connectivity index (χ3n) is 2.76. The van der Waals surface area contributed by atoms with Crippen LogP contribution in [0.25, 0.3) is 11.2 Å². The van der Waals surface area contributed by atoms with E-state index in [1.807, 2.05) is 6.92 Å². The first-order valence-corrected chi connectivity index (χ1v) is 6.84. The van der Waals surface area contributed by atoms with Gasteiger partial charge in [0.05, 0.1) is 6.33 Å². The molecule has 2 aromatic rings. The lowest BCUT2D eigenvalue weighted by molar-refractivity contribution is 0.363. The summed E-state index contributed by atoms with van der Waals surface area (Å²) in [4.78, 5) is 15.7. The van der Waals surface area contributed by atoms with E-state index in [1.165, 1.54) is 0 Å². The summed E-state index contributed by atoms with van der Waals surface area (Å²) >= 11 is 1.69. The number of hydrogen-bond donors (Lipinski definition) is 2. The molecule has 3 N–H and O–H groups in total. The number of nitrogens with one attached hydrogen (secondary N) is 1. The summed E-state index contributed by atoms with van der Waals surface area (Å²) in [7, 11) is 0. The molecule has 2 rings (SSSR count). The van der Waals surface area contributed by atoms with Crippen LogP contribution < -0.4 is 5.73 Å². The van der Waals surface area contributed by atoms with Gasteiger partial charge in [0.2, 0.25) is 0 Å². The van der Waals surface area contributed by atoms with Crippen LogP contribution in [0.5, 0.6) is 0 Å². The molecule has 0 saturated heterocycles. The van der Waals surface area contributed by atoms with Gasteiger partial charge in [0.1, 0.15) is 16.9 Å². The number of fused-ring (bicyclic) bond motifs is 1. The number of nitrogens with two attached hydrogens (primary N) is 1. The Morgan fingerprint density at radius 1 is 1.28 bits per heavy atom. The van der Waals surface area contributed by atoms with E-state index in [9.17, 15) is 0 Å².